The maximum Gasteiger partial charge on any atom is 0.278 e. The van der Waals surface area contributed by atoms with Crippen molar-refractivity contribution < 1.29 is 8.95 Å². The van der Waals surface area contributed by atoms with E-state index in [1.165, 1.54) is 0 Å². The number of nitrogens with zero attached hydrogens (tertiary/aromatic N) is 1. The molecule has 0 atom stereocenters. The van der Waals surface area contributed by atoms with Crippen molar-refractivity contribution in [3.05, 3.63) is 29.8 Å². The predicted octanol–water partition coefficient (Wildman–Crippen LogP) is 4.09. The van der Waals surface area contributed by atoms with Crippen LogP contribution in [0.1, 0.15) is 5.56 Å². The maximum atomic E-state index is 5.93. The van der Waals surface area contributed by atoms with E-state index >= 15 is 0 Å². The van der Waals surface area contributed by atoms with Crippen LogP contribution in [0.15, 0.2) is 29.4 Å². The molecule has 0 aliphatic heterocycles. The molecule has 3 nitrogen and oxygen atoms in total. The summed E-state index contributed by atoms with van der Waals surface area (Å²) in [6.07, 6.45) is 1.75. The van der Waals surface area contributed by atoms with E-state index in [0.717, 1.165) is 11.3 Å². The number of oxime groups is 1. The first-order valence-corrected chi connectivity index (χ1v) is 13.0. The molecule has 100 valence electrons. The normalized spacial score (nSPS) is 12.8. The van der Waals surface area contributed by atoms with Crippen molar-refractivity contribution in [2.75, 3.05) is 0 Å². The zero-order chi connectivity index (χ0) is 13.8. The van der Waals surface area contributed by atoms with E-state index in [1.54, 1.807) is 6.21 Å². The van der Waals surface area contributed by atoms with Gasteiger partial charge in [-0.25, -0.2) is 0 Å². The second kappa shape index (κ2) is 5.71. The van der Waals surface area contributed by atoms with Crippen LogP contribution in [0.3, 0.4) is 0 Å². The van der Waals surface area contributed by atoms with E-state index in [2.05, 4.69) is 44.4 Å². The molecule has 0 aliphatic rings. The van der Waals surface area contributed by atoms with E-state index in [9.17, 15) is 0 Å². The van der Waals surface area contributed by atoms with Gasteiger partial charge >= 0.3 is 0 Å². The Morgan fingerprint density at radius 1 is 1.00 bits per heavy atom. The van der Waals surface area contributed by atoms with Gasteiger partial charge in [-0.15, -0.1) is 5.16 Å². The monoisotopic (exact) mass is 281 g/mol. The Hall–Kier alpha value is -1.08. The number of rotatable bonds is 5. The Morgan fingerprint density at radius 2 is 1.67 bits per heavy atom. The summed E-state index contributed by atoms with van der Waals surface area (Å²) >= 11 is 0. The number of benzene rings is 1. The summed E-state index contributed by atoms with van der Waals surface area (Å²) in [7, 11) is -3.14. The first kappa shape index (κ1) is 15.0. The average molecular weight is 282 g/mol. The van der Waals surface area contributed by atoms with Gasteiger partial charge in [-0.2, -0.15) is 0 Å². The molecular weight excluding hydrogens is 258 g/mol. The molecule has 0 saturated carbocycles. The van der Waals surface area contributed by atoms with Gasteiger partial charge in [0.25, 0.3) is 8.32 Å². The SMILES string of the molecule is C[Si](C)(C)ON=Cc1cccc(O[Si](C)(C)C)c1. The number of hydrogen-bond donors (Lipinski definition) is 0. The Labute approximate surface area is 112 Å². The highest BCUT2D eigenvalue weighted by atomic mass is 28.4. The zero-order valence-electron chi connectivity index (χ0n) is 12.2. The lowest BCUT2D eigenvalue weighted by Crippen LogP contribution is -2.29. The molecule has 0 N–H and O–H groups in total. The molecule has 0 fully saturated rings. The molecule has 0 bridgehead atoms. The topological polar surface area (TPSA) is 30.8 Å². The summed E-state index contributed by atoms with van der Waals surface area (Å²) in [5, 5.41) is 4.04. The van der Waals surface area contributed by atoms with Crippen molar-refractivity contribution in [1.29, 1.82) is 0 Å². The standard InChI is InChI=1S/C13H23NO2Si2/c1-17(2,3)15-13-9-7-8-12(10-13)11-14-16-18(4,5)6/h7-11H,1-6H3. The minimum atomic E-state index is -1.59. The second-order valence-corrected chi connectivity index (χ2v) is 15.1. The lowest BCUT2D eigenvalue weighted by atomic mass is 10.2. The van der Waals surface area contributed by atoms with Crippen LogP contribution >= 0.6 is 0 Å². The van der Waals surface area contributed by atoms with Gasteiger partial charge < -0.3 is 8.95 Å². The van der Waals surface area contributed by atoms with Crippen molar-refractivity contribution in [1.82, 2.24) is 0 Å². The molecule has 0 unspecified atom stereocenters. The minimum Gasteiger partial charge on any atom is -0.544 e. The van der Waals surface area contributed by atoms with Crippen LogP contribution in [-0.2, 0) is 4.53 Å². The molecule has 1 rings (SSSR count). The van der Waals surface area contributed by atoms with Gasteiger partial charge in [-0.05, 0) is 57.0 Å². The Balaban J connectivity index is 2.71. The molecule has 1 aromatic carbocycles. The summed E-state index contributed by atoms with van der Waals surface area (Å²) in [6.45, 7) is 12.8. The lowest BCUT2D eigenvalue weighted by Gasteiger charge is -2.19. The van der Waals surface area contributed by atoms with Crippen LogP contribution in [0, 0.1) is 0 Å². The first-order chi connectivity index (χ1) is 8.16. The van der Waals surface area contributed by atoms with Crippen LogP contribution < -0.4 is 4.43 Å². The molecule has 0 radical (unpaired) electrons. The van der Waals surface area contributed by atoms with Crippen LogP contribution in [0.4, 0.5) is 0 Å². The smallest absolute Gasteiger partial charge is 0.278 e. The zero-order valence-corrected chi connectivity index (χ0v) is 14.2. The van der Waals surface area contributed by atoms with Crippen molar-refractivity contribution >= 4 is 22.8 Å². The Morgan fingerprint density at radius 3 is 2.22 bits per heavy atom. The van der Waals surface area contributed by atoms with E-state index < -0.39 is 16.6 Å². The minimum absolute atomic E-state index is 0.908. The molecule has 0 aliphatic carbocycles. The van der Waals surface area contributed by atoms with E-state index in [-0.39, 0.29) is 0 Å². The summed E-state index contributed by atoms with van der Waals surface area (Å²) in [5.74, 6) is 0.908. The van der Waals surface area contributed by atoms with Gasteiger partial charge in [0.15, 0.2) is 0 Å². The molecule has 0 amide bonds. The molecule has 1 aromatic rings. The fourth-order valence-corrected chi connectivity index (χ4v) is 2.46. The maximum absolute atomic E-state index is 5.93. The third-order valence-electron chi connectivity index (χ3n) is 1.81. The molecule has 0 heterocycles. The highest BCUT2D eigenvalue weighted by molar-refractivity contribution is 6.70. The van der Waals surface area contributed by atoms with Crippen molar-refractivity contribution in [3.8, 4) is 5.75 Å². The average Bonchev–Trinajstić information content (AvgIpc) is 2.13. The van der Waals surface area contributed by atoms with Crippen LogP contribution in [0.5, 0.6) is 5.75 Å². The predicted molar refractivity (Wildman–Crippen MR) is 82.4 cm³/mol. The van der Waals surface area contributed by atoms with E-state index in [4.69, 9.17) is 8.95 Å². The fraction of sp³-hybridized carbons (Fsp3) is 0.462. The third kappa shape index (κ3) is 6.61. The van der Waals surface area contributed by atoms with Crippen LogP contribution in [-0.4, -0.2) is 22.8 Å². The molecule has 18 heavy (non-hydrogen) atoms. The molecular formula is C13H23NO2Si2. The fourth-order valence-electron chi connectivity index (χ4n) is 1.26. The molecule has 0 saturated heterocycles. The third-order valence-corrected chi connectivity index (χ3v) is 3.31. The van der Waals surface area contributed by atoms with Crippen molar-refractivity contribution in [3.63, 3.8) is 0 Å². The lowest BCUT2D eigenvalue weighted by molar-refractivity contribution is 0.338. The Bertz CT molecular complexity index is 420. The summed E-state index contributed by atoms with van der Waals surface area (Å²) in [4.78, 5) is 0. The summed E-state index contributed by atoms with van der Waals surface area (Å²) < 4.78 is 11.4. The second-order valence-electron chi connectivity index (χ2n) is 6.23. The van der Waals surface area contributed by atoms with Gasteiger partial charge in [0.1, 0.15) is 5.75 Å². The van der Waals surface area contributed by atoms with Crippen molar-refractivity contribution in [2.24, 2.45) is 5.16 Å². The van der Waals surface area contributed by atoms with Gasteiger partial charge in [-0.1, -0.05) is 12.1 Å². The first-order valence-electron chi connectivity index (χ1n) is 6.16. The van der Waals surface area contributed by atoms with Gasteiger partial charge in [0, 0.05) is 0 Å². The highest BCUT2D eigenvalue weighted by Gasteiger charge is 2.16. The van der Waals surface area contributed by atoms with Gasteiger partial charge in [0.2, 0.25) is 8.32 Å². The van der Waals surface area contributed by atoms with Gasteiger partial charge in [0.05, 0.1) is 6.21 Å². The van der Waals surface area contributed by atoms with Crippen molar-refractivity contribution in [2.45, 2.75) is 39.3 Å². The molecule has 0 spiro atoms. The summed E-state index contributed by atoms with van der Waals surface area (Å²) in [5.41, 5.74) is 1.00. The number of hydrogen-bond acceptors (Lipinski definition) is 3. The summed E-state index contributed by atoms with van der Waals surface area (Å²) in [6, 6.07) is 7.95. The quantitative estimate of drug-likeness (QED) is 0.462. The largest absolute Gasteiger partial charge is 0.544 e. The Kier molecular flexibility index (Phi) is 4.75. The molecule has 0 aromatic heterocycles. The highest BCUT2D eigenvalue weighted by Crippen LogP contribution is 2.17. The van der Waals surface area contributed by atoms with Gasteiger partial charge in [-0.3, -0.25) is 0 Å². The van der Waals surface area contributed by atoms with Crippen LogP contribution in [0.25, 0.3) is 0 Å². The van der Waals surface area contributed by atoms with E-state index in [1.807, 2.05) is 24.3 Å². The van der Waals surface area contributed by atoms with E-state index in [0.29, 0.717) is 0 Å². The van der Waals surface area contributed by atoms with Crippen LogP contribution in [0.2, 0.25) is 39.3 Å². The molecule has 5 heteroatoms.